The maximum Gasteiger partial charge on any atom is 0.344 e. The van der Waals surface area contributed by atoms with E-state index in [1.807, 2.05) is 0 Å². The summed E-state index contributed by atoms with van der Waals surface area (Å²) < 4.78 is 23.9. The number of rotatable bonds is 5. The summed E-state index contributed by atoms with van der Waals surface area (Å²) in [6, 6.07) is 7.15. The van der Waals surface area contributed by atoms with Gasteiger partial charge >= 0.3 is 5.97 Å². The molecular weight excluding hydrogens is 336 g/mol. The summed E-state index contributed by atoms with van der Waals surface area (Å²) in [6.45, 7) is 1.42. The number of hydrogen-bond acceptors (Lipinski definition) is 4. The molecule has 0 radical (unpaired) electrons. The van der Waals surface area contributed by atoms with Gasteiger partial charge in [0.1, 0.15) is 11.5 Å². The van der Waals surface area contributed by atoms with E-state index in [4.69, 9.17) is 26.2 Å². The van der Waals surface area contributed by atoms with E-state index < -0.39 is 17.9 Å². The van der Waals surface area contributed by atoms with Crippen LogP contribution in [0.3, 0.4) is 0 Å². The second-order valence-corrected chi connectivity index (χ2v) is 4.55. The van der Waals surface area contributed by atoms with Crippen LogP contribution in [-0.4, -0.2) is 22.2 Å². The summed E-state index contributed by atoms with van der Waals surface area (Å²) in [5.41, 5.74) is 0. The van der Waals surface area contributed by atoms with Crippen molar-refractivity contribution in [1.29, 1.82) is 0 Å². The lowest BCUT2D eigenvalue weighted by Crippen LogP contribution is -2.22. The lowest BCUT2D eigenvalue weighted by atomic mass is 10.3. The highest BCUT2D eigenvalue weighted by Crippen LogP contribution is 2.26. The van der Waals surface area contributed by atoms with Gasteiger partial charge in [-0.2, -0.15) is 0 Å². The predicted molar refractivity (Wildman–Crippen MR) is 80.7 cm³/mol. The van der Waals surface area contributed by atoms with Crippen LogP contribution in [0.5, 0.6) is 17.4 Å². The Morgan fingerprint density at radius 1 is 1.32 bits per heavy atom. The molecule has 0 spiro atoms. The Balaban J connectivity index is 0.00000242. The minimum absolute atomic E-state index is 0. The first kappa shape index (κ1) is 18.0. The smallest absolute Gasteiger partial charge is 0.344 e. The van der Waals surface area contributed by atoms with Crippen molar-refractivity contribution in [2.45, 2.75) is 13.0 Å². The van der Waals surface area contributed by atoms with Crippen LogP contribution in [0.1, 0.15) is 6.92 Å². The third kappa shape index (κ3) is 4.75. The highest BCUT2D eigenvalue weighted by atomic mass is 35.5. The summed E-state index contributed by atoms with van der Waals surface area (Å²) in [7, 11) is 0. The Labute approximate surface area is 137 Å². The largest absolute Gasteiger partial charge is 0.479 e. The number of halogens is 3. The standard InChI is InChI=1S/C14H11ClFNO4.ClH/c1-8(14(18)19)20-10-2-4-11(5-3-10)21-13-12(16)6-9(15)7-17-13;/h2-8H,1H3,(H,18,19);1H/t8-;/m1./s1. The van der Waals surface area contributed by atoms with E-state index in [0.717, 1.165) is 6.07 Å². The first-order valence-corrected chi connectivity index (χ1v) is 6.32. The minimum atomic E-state index is -1.07. The van der Waals surface area contributed by atoms with Gasteiger partial charge in [-0.1, -0.05) is 11.6 Å². The first-order chi connectivity index (χ1) is 9.95. The van der Waals surface area contributed by atoms with Crippen molar-refractivity contribution in [2.75, 3.05) is 0 Å². The van der Waals surface area contributed by atoms with Gasteiger partial charge in [0.2, 0.25) is 0 Å². The molecular formula is C14H12Cl2FNO4. The average Bonchev–Trinajstić information content (AvgIpc) is 2.43. The van der Waals surface area contributed by atoms with Gasteiger partial charge in [-0.15, -0.1) is 12.4 Å². The van der Waals surface area contributed by atoms with Gasteiger partial charge in [0.25, 0.3) is 5.88 Å². The van der Waals surface area contributed by atoms with Crippen LogP contribution in [0, 0.1) is 5.82 Å². The zero-order valence-electron chi connectivity index (χ0n) is 11.3. The van der Waals surface area contributed by atoms with Crippen molar-refractivity contribution >= 4 is 30.0 Å². The van der Waals surface area contributed by atoms with Gasteiger partial charge in [0.15, 0.2) is 11.9 Å². The molecule has 1 heterocycles. The van der Waals surface area contributed by atoms with Crippen molar-refractivity contribution < 1.29 is 23.8 Å². The minimum Gasteiger partial charge on any atom is -0.479 e. The number of aliphatic carboxylic acids is 1. The number of carboxylic acids is 1. The molecule has 5 nitrogen and oxygen atoms in total. The van der Waals surface area contributed by atoms with Gasteiger partial charge in [-0.3, -0.25) is 0 Å². The summed E-state index contributed by atoms with van der Waals surface area (Å²) in [4.78, 5) is 14.4. The van der Waals surface area contributed by atoms with E-state index in [-0.39, 0.29) is 23.3 Å². The number of pyridine rings is 1. The summed E-state index contributed by atoms with van der Waals surface area (Å²) in [5.74, 6) is -1.25. The molecule has 1 aromatic carbocycles. The average molecular weight is 348 g/mol. The molecule has 0 fully saturated rings. The molecule has 22 heavy (non-hydrogen) atoms. The van der Waals surface area contributed by atoms with Gasteiger partial charge in [0.05, 0.1) is 5.02 Å². The fraction of sp³-hybridized carbons (Fsp3) is 0.143. The second-order valence-electron chi connectivity index (χ2n) is 4.11. The Morgan fingerprint density at radius 2 is 1.91 bits per heavy atom. The molecule has 1 aromatic heterocycles. The van der Waals surface area contributed by atoms with Gasteiger partial charge in [-0.25, -0.2) is 14.2 Å². The zero-order valence-corrected chi connectivity index (χ0v) is 12.9. The third-order valence-corrected chi connectivity index (χ3v) is 2.68. The van der Waals surface area contributed by atoms with Crippen LogP contribution < -0.4 is 9.47 Å². The molecule has 1 N–H and O–H groups in total. The van der Waals surface area contributed by atoms with Crippen molar-refractivity contribution in [3.05, 3.63) is 47.4 Å². The van der Waals surface area contributed by atoms with Crippen LogP contribution >= 0.6 is 24.0 Å². The molecule has 0 unspecified atom stereocenters. The van der Waals surface area contributed by atoms with Gasteiger partial charge < -0.3 is 14.6 Å². The lowest BCUT2D eigenvalue weighted by Gasteiger charge is -2.11. The van der Waals surface area contributed by atoms with Crippen LogP contribution in [0.4, 0.5) is 4.39 Å². The molecule has 0 aliphatic carbocycles. The fourth-order valence-electron chi connectivity index (χ4n) is 1.43. The summed E-state index contributed by atoms with van der Waals surface area (Å²) >= 11 is 5.59. The Bertz CT molecular complexity index is 652. The first-order valence-electron chi connectivity index (χ1n) is 5.94. The molecule has 118 valence electrons. The van der Waals surface area contributed by atoms with E-state index in [1.54, 1.807) is 0 Å². The Hall–Kier alpha value is -2.05. The highest BCUT2D eigenvalue weighted by Gasteiger charge is 2.12. The maximum absolute atomic E-state index is 13.5. The lowest BCUT2D eigenvalue weighted by molar-refractivity contribution is -0.144. The van der Waals surface area contributed by atoms with Crippen LogP contribution in [0.25, 0.3) is 0 Å². The van der Waals surface area contributed by atoms with Crippen molar-refractivity contribution in [3.8, 4) is 17.4 Å². The molecule has 2 aromatic rings. The fourth-order valence-corrected chi connectivity index (χ4v) is 1.57. The Kier molecular flexibility index (Phi) is 6.39. The molecule has 8 heteroatoms. The number of carboxylic acid groups (broad SMARTS) is 1. The summed E-state index contributed by atoms with van der Waals surface area (Å²) in [6.07, 6.45) is 0.304. The second kappa shape index (κ2) is 7.82. The normalized spacial score (nSPS) is 11.2. The number of hydrogen-bond donors (Lipinski definition) is 1. The molecule has 1 atom stereocenters. The van der Waals surface area contributed by atoms with E-state index in [2.05, 4.69) is 4.98 Å². The van der Waals surface area contributed by atoms with E-state index in [9.17, 15) is 9.18 Å². The quantitative estimate of drug-likeness (QED) is 0.886. The molecule has 0 amide bonds. The highest BCUT2D eigenvalue weighted by molar-refractivity contribution is 6.30. The predicted octanol–water partition coefficient (Wildman–Crippen LogP) is 3.94. The van der Waals surface area contributed by atoms with E-state index in [0.29, 0.717) is 11.5 Å². The number of carbonyl (C=O) groups is 1. The summed E-state index contributed by atoms with van der Waals surface area (Å²) in [5, 5.41) is 8.91. The zero-order chi connectivity index (χ0) is 15.4. The topological polar surface area (TPSA) is 68.7 Å². The SMILES string of the molecule is C[C@@H](Oc1ccc(Oc2ncc(Cl)cc2F)cc1)C(=O)O.Cl. The maximum atomic E-state index is 13.5. The monoisotopic (exact) mass is 347 g/mol. The molecule has 0 bridgehead atoms. The van der Waals surface area contributed by atoms with Crippen LogP contribution in [-0.2, 0) is 4.79 Å². The third-order valence-electron chi connectivity index (χ3n) is 2.47. The number of benzene rings is 1. The number of aromatic nitrogens is 1. The number of nitrogens with zero attached hydrogens (tertiary/aromatic N) is 1. The van der Waals surface area contributed by atoms with Crippen molar-refractivity contribution in [3.63, 3.8) is 0 Å². The number of ether oxygens (including phenoxy) is 2. The van der Waals surface area contributed by atoms with Gasteiger partial charge in [-0.05, 0) is 37.3 Å². The van der Waals surface area contributed by atoms with Crippen molar-refractivity contribution in [2.24, 2.45) is 0 Å². The van der Waals surface area contributed by atoms with Crippen LogP contribution in [0.15, 0.2) is 36.5 Å². The van der Waals surface area contributed by atoms with E-state index in [1.165, 1.54) is 37.4 Å². The van der Waals surface area contributed by atoms with Crippen molar-refractivity contribution in [1.82, 2.24) is 4.98 Å². The van der Waals surface area contributed by atoms with Crippen LogP contribution in [0.2, 0.25) is 5.02 Å². The molecule has 0 aliphatic heterocycles. The molecule has 0 aliphatic rings. The van der Waals surface area contributed by atoms with E-state index >= 15 is 0 Å². The molecule has 0 saturated heterocycles. The molecule has 2 rings (SSSR count). The Morgan fingerprint density at radius 3 is 2.45 bits per heavy atom. The molecule has 0 saturated carbocycles. The van der Waals surface area contributed by atoms with Gasteiger partial charge in [0, 0.05) is 6.20 Å².